The lowest BCUT2D eigenvalue weighted by molar-refractivity contribution is -0.124. The van der Waals surface area contributed by atoms with Gasteiger partial charge in [-0.15, -0.1) is 0 Å². The summed E-state index contributed by atoms with van der Waals surface area (Å²) in [7, 11) is 7.84. The van der Waals surface area contributed by atoms with Gasteiger partial charge in [0, 0.05) is 27.7 Å². The average Bonchev–Trinajstić information content (AvgIpc) is 3.44. The second-order valence-corrected chi connectivity index (χ2v) is 10.3. The molecule has 1 N–H and O–H groups in total. The van der Waals surface area contributed by atoms with Crippen molar-refractivity contribution in [3.05, 3.63) is 64.9 Å². The van der Waals surface area contributed by atoms with E-state index in [1.165, 1.54) is 0 Å². The normalized spacial score (nSPS) is 34.6. The Hall–Kier alpha value is -2.64. The first-order chi connectivity index (χ1) is 15.5. The summed E-state index contributed by atoms with van der Waals surface area (Å²) in [4.78, 5) is 15.9. The van der Waals surface area contributed by atoms with E-state index in [1.54, 1.807) is 0 Å². The van der Waals surface area contributed by atoms with Crippen LogP contribution >= 0.6 is 0 Å². The topological polar surface area (TPSA) is 75.8 Å². The molecule has 0 amide bonds. The second-order valence-electron chi connectivity index (χ2n) is 9.63. The number of carbonyl (C=O) groups is 1. The zero-order chi connectivity index (χ0) is 22.1. The van der Waals surface area contributed by atoms with Crippen molar-refractivity contribution in [1.82, 2.24) is 10.1 Å². The third kappa shape index (κ3) is 2.67. The van der Waals surface area contributed by atoms with E-state index in [4.69, 9.17) is 9.26 Å². The predicted molar refractivity (Wildman–Crippen MR) is 119 cm³/mol. The van der Waals surface area contributed by atoms with Crippen LogP contribution in [-0.4, -0.2) is 45.3 Å². The Kier molecular flexibility index (Phi) is 4.49. The minimum Gasteiger partial charge on any atom is -0.507 e. The number of allylic oxidation sites excluding steroid dienone is 2. The number of hydrogen-bond donors (Lipinski definition) is 1. The number of aliphatic hydroxyl groups excluding tert-OH is 1. The number of rotatable bonds is 4. The van der Waals surface area contributed by atoms with Gasteiger partial charge in [-0.1, -0.05) is 42.5 Å². The van der Waals surface area contributed by atoms with Crippen molar-refractivity contribution in [2.75, 3.05) is 14.1 Å². The number of Topliss-reactive ketones (excluding diaryl/α,β-unsaturated/α-hetero) is 1. The molecule has 2 aromatic rings. The molecule has 2 fully saturated rings. The highest BCUT2D eigenvalue weighted by atomic mass is 28.1. The summed E-state index contributed by atoms with van der Waals surface area (Å²) >= 11 is 0. The molecule has 1 aromatic carbocycles. The number of nitrogens with zero attached hydrogens (tertiary/aromatic N) is 2. The molecular weight excluding hydrogens is 420 g/mol. The number of fused-ring (bicyclic) bond motifs is 7. The van der Waals surface area contributed by atoms with E-state index in [-0.39, 0.29) is 52.7 Å². The first-order valence-electron chi connectivity index (χ1n) is 11.2. The van der Waals surface area contributed by atoms with Crippen LogP contribution in [0.5, 0.6) is 5.88 Å². The summed E-state index contributed by atoms with van der Waals surface area (Å²) in [6, 6.07) is 9.59. The van der Waals surface area contributed by atoms with Gasteiger partial charge in [0.05, 0.1) is 6.04 Å². The van der Waals surface area contributed by atoms with Gasteiger partial charge in [0.15, 0.2) is 11.5 Å². The van der Waals surface area contributed by atoms with Crippen LogP contribution in [-0.2, 0) is 11.4 Å². The van der Waals surface area contributed by atoms with E-state index in [9.17, 15) is 9.90 Å². The number of carbonyl (C=O) groups excluding carboxylic acids is 1. The van der Waals surface area contributed by atoms with Crippen LogP contribution in [0, 0.1) is 29.6 Å². The van der Waals surface area contributed by atoms with Gasteiger partial charge < -0.3 is 14.4 Å². The Labute approximate surface area is 190 Å². The Morgan fingerprint density at radius 1 is 1.22 bits per heavy atom. The Bertz CT molecular complexity index is 1140. The predicted octanol–water partition coefficient (Wildman–Crippen LogP) is 3.73. The number of ketones is 1. The zero-order valence-corrected chi connectivity index (χ0v) is 19.1. The van der Waals surface area contributed by atoms with Gasteiger partial charge in [0.1, 0.15) is 17.9 Å². The van der Waals surface area contributed by atoms with Crippen LogP contribution in [0.1, 0.15) is 29.3 Å². The summed E-state index contributed by atoms with van der Waals surface area (Å²) in [5.74, 6) is 1.46. The summed E-state index contributed by atoms with van der Waals surface area (Å²) in [6.45, 7) is 0.302. The first-order valence-corrected chi connectivity index (χ1v) is 11.7. The molecule has 6 rings (SSSR count). The molecule has 4 aliphatic rings. The van der Waals surface area contributed by atoms with Gasteiger partial charge in [-0.3, -0.25) is 9.69 Å². The third-order valence-corrected chi connectivity index (χ3v) is 8.59. The number of ether oxygens (including phenoxy) is 1. The molecule has 0 saturated heterocycles. The van der Waals surface area contributed by atoms with Crippen molar-refractivity contribution < 1.29 is 19.2 Å². The van der Waals surface area contributed by atoms with Gasteiger partial charge in [-0.25, -0.2) is 0 Å². The fourth-order valence-electron chi connectivity index (χ4n) is 6.50. The van der Waals surface area contributed by atoms with E-state index in [1.807, 2.05) is 44.4 Å². The Balaban J connectivity index is 1.41. The van der Waals surface area contributed by atoms with Crippen molar-refractivity contribution in [2.24, 2.45) is 29.6 Å². The molecule has 32 heavy (non-hydrogen) atoms. The molecule has 0 spiro atoms. The maximum absolute atomic E-state index is 13.8. The molecule has 7 heteroatoms. The fraction of sp³-hybridized carbons (Fsp3) is 0.440. The van der Waals surface area contributed by atoms with Crippen molar-refractivity contribution in [2.45, 2.75) is 24.6 Å². The molecule has 3 radical (unpaired) electrons. The number of aliphatic hydroxyl groups is 1. The molecule has 2 saturated carbocycles. The molecule has 6 nitrogen and oxygen atoms in total. The molecule has 4 aliphatic carbocycles. The Morgan fingerprint density at radius 3 is 2.72 bits per heavy atom. The third-order valence-electron chi connectivity index (χ3n) is 7.82. The highest BCUT2D eigenvalue weighted by Crippen LogP contribution is 2.63. The van der Waals surface area contributed by atoms with Crippen LogP contribution in [0.2, 0.25) is 5.54 Å². The minimum atomic E-state index is -0.182. The molecule has 1 unspecified atom stereocenters. The molecule has 163 valence electrons. The van der Waals surface area contributed by atoms with Gasteiger partial charge in [0.2, 0.25) is 0 Å². The number of aromatic nitrogens is 1. The van der Waals surface area contributed by atoms with Crippen LogP contribution < -0.4 is 4.74 Å². The van der Waals surface area contributed by atoms with Crippen molar-refractivity contribution in [3.8, 4) is 5.88 Å². The molecule has 2 bridgehead atoms. The van der Waals surface area contributed by atoms with Crippen molar-refractivity contribution in [3.63, 3.8) is 0 Å². The molecule has 1 aromatic heterocycles. The largest absolute Gasteiger partial charge is 0.507 e. The lowest BCUT2D eigenvalue weighted by atomic mass is 9.62. The summed E-state index contributed by atoms with van der Waals surface area (Å²) in [6.07, 6.45) is 5.27. The van der Waals surface area contributed by atoms with E-state index in [2.05, 4.69) is 32.5 Å². The summed E-state index contributed by atoms with van der Waals surface area (Å²) in [5.41, 5.74) is 2.22. The van der Waals surface area contributed by atoms with E-state index < -0.39 is 0 Å². The van der Waals surface area contributed by atoms with Crippen LogP contribution in [0.4, 0.5) is 0 Å². The maximum atomic E-state index is 13.8. The molecule has 7 atom stereocenters. The fourth-order valence-corrected chi connectivity index (χ4v) is 7.18. The number of hydrogen-bond acceptors (Lipinski definition) is 6. The second kappa shape index (κ2) is 7.18. The van der Waals surface area contributed by atoms with Crippen LogP contribution in [0.3, 0.4) is 0 Å². The SMILES string of the molecule is CN(C)[C@H]1c2onc(OCc3ccccc3)c2C(O)=C2C(=O)[C@H]3[C@@H](C[C@H]21)[C@H]1C=C[C@@H]3C1[Si]. The summed E-state index contributed by atoms with van der Waals surface area (Å²) < 4.78 is 11.7. The lowest BCUT2D eigenvalue weighted by Gasteiger charge is -2.43. The van der Waals surface area contributed by atoms with Gasteiger partial charge in [-0.05, 0) is 54.5 Å². The lowest BCUT2D eigenvalue weighted by Crippen LogP contribution is -2.44. The first kappa shape index (κ1) is 20.0. The Morgan fingerprint density at radius 2 is 1.97 bits per heavy atom. The molecule has 1 heterocycles. The monoisotopic (exact) mass is 445 g/mol. The highest BCUT2D eigenvalue weighted by Gasteiger charge is 2.59. The average molecular weight is 446 g/mol. The van der Waals surface area contributed by atoms with Crippen LogP contribution in [0.15, 0.2) is 52.6 Å². The maximum Gasteiger partial charge on any atom is 0.265 e. The van der Waals surface area contributed by atoms with Crippen molar-refractivity contribution in [1.29, 1.82) is 0 Å². The smallest absolute Gasteiger partial charge is 0.265 e. The standard InChI is InChI=1S/C25H25N2O4Si/c1-27(2)20-16-10-15-13-8-9-14(24(13)32)17(15)21(28)18(16)22(29)19-23(20)31-26-25(19)30-11-12-6-4-3-5-7-12/h3-9,13-17,20,24,29H,10-11H2,1-2H3/t13-,14+,15+,16-,17-,20-,24?/m1/s1. The molecular formula is C25H25N2O4Si. The van der Waals surface area contributed by atoms with Gasteiger partial charge >= 0.3 is 0 Å². The zero-order valence-electron chi connectivity index (χ0n) is 18.1. The van der Waals surface area contributed by atoms with Gasteiger partial charge in [0.25, 0.3) is 5.88 Å². The quantitative estimate of drug-likeness (QED) is 0.571. The van der Waals surface area contributed by atoms with E-state index in [0.717, 1.165) is 12.0 Å². The minimum absolute atomic E-state index is 0.0203. The van der Waals surface area contributed by atoms with Gasteiger partial charge in [-0.2, -0.15) is 0 Å². The van der Waals surface area contributed by atoms with Crippen LogP contribution in [0.25, 0.3) is 5.76 Å². The van der Waals surface area contributed by atoms with Crippen molar-refractivity contribution >= 4 is 21.8 Å². The molecule has 0 aliphatic heterocycles. The van der Waals surface area contributed by atoms with E-state index >= 15 is 0 Å². The number of benzene rings is 1. The summed E-state index contributed by atoms with van der Waals surface area (Å²) in [5, 5.41) is 15.5. The highest BCUT2D eigenvalue weighted by molar-refractivity contribution is 6.14. The van der Waals surface area contributed by atoms with E-state index in [0.29, 0.717) is 29.4 Å².